The lowest BCUT2D eigenvalue weighted by Crippen LogP contribution is -2.44. The molecular weight excluding hydrogens is 488 g/mol. The smallest absolute Gasteiger partial charge is 0.309 e. The molecular formula is C29H46N2O5S. The molecule has 0 amide bonds. The number of hydrogen-bond donors (Lipinski definition) is 2. The minimum Gasteiger partial charge on any atom is -0.458 e. The molecule has 0 radical (unpaired) electrons. The molecule has 2 saturated heterocycles. The van der Waals surface area contributed by atoms with Crippen LogP contribution in [-0.2, 0) is 14.3 Å². The van der Waals surface area contributed by atoms with Crippen molar-refractivity contribution in [1.29, 1.82) is 0 Å². The summed E-state index contributed by atoms with van der Waals surface area (Å²) in [6.45, 7) is 14.4. The number of thiazole rings is 1. The summed E-state index contributed by atoms with van der Waals surface area (Å²) < 4.78 is 5.99. The lowest BCUT2D eigenvalue weighted by molar-refractivity contribution is -0.154. The standard InChI is InChI=1S/C29H46N2O5S/c1-17-9-8-10-23-24(31(23)11-12-32)14-25(18(2)13-22-16-37-21(5)30-22)36-27(34)15-26(33)29(6,7)28(35)20(4)19(17)3/h13,16-17,19-20,23-26,32-33H,8-12,14-15H2,1-7H3/b18-13+/t17-,19-,20+,23+,24?,25-,26-,31?/m0/s1. The fraction of sp³-hybridized carbons (Fsp3) is 0.759. The summed E-state index contributed by atoms with van der Waals surface area (Å²) in [7, 11) is 0. The Labute approximate surface area is 226 Å². The van der Waals surface area contributed by atoms with Gasteiger partial charge in [-0.1, -0.05) is 47.5 Å². The van der Waals surface area contributed by atoms with Gasteiger partial charge in [0.2, 0.25) is 0 Å². The molecule has 0 aliphatic carbocycles. The third-order valence-corrected chi connectivity index (χ3v) is 9.69. The van der Waals surface area contributed by atoms with Crippen molar-refractivity contribution in [2.75, 3.05) is 13.2 Å². The molecule has 3 heterocycles. The van der Waals surface area contributed by atoms with Gasteiger partial charge in [-0.2, -0.15) is 0 Å². The van der Waals surface area contributed by atoms with E-state index in [2.05, 4.69) is 23.7 Å². The van der Waals surface area contributed by atoms with E-state index in [0.29, 0.717) is 24.9 Å². The zero-order valence-corrected chi connectivity index (χ0v) is 24.4. The van der Waals surface area contributed by atoms with Crippen molar-refractivity contribution < 1.29 is 24.5 Å². The molecule has 0 spiro atoms. The SMILES string of the molecule is C/C(=C\c1csc(C)n1)[C@@H]1CC2[C@@H](CCC[C@H](C)[C@H](C)[C@@H](C)C(=O)C(C)(C)[C@@H](O)CC(=O)O1)N2CCO. The number of β-amino-alcohol motifs (C(OH)–C–C–N with tert-alkyl or cyclic N) is 1. The number of esters is 1. The van der Waals surface area contributed by atoms with Gasteiger partial charge < -0.3 is 14.9 Å². The van der Waals surface area contributed by atoms with E-state index < -0.39 is 23.6 Å². The summed E-state index contributed by atoms with van der Waals surface area (Å²) in [5.74, 6) is -0.195. The third kappa shape index (κ3) is 7.28. The number of aryl methyl sites for hydroxylation is 1. The number of cyclic esters (lactones) is 1. The van der Waals surface area contributed by atoms with Crippen molar-refractivity contribution >= 4 is 29.2 Å². The average Bonchev–Trinajstić information content (AvgIpc) is 3.29. The van der Waals surface area contributed by atoms with Crippen LogP contribution in [0, 0.1) is 30.1 Å². The summed E-state index contributed by atoms with van der Waals surface area (Å²) in [5, 5.41) is 23.6. The van der Waals surface area contributed by atoms with Crippen LogP contribution in [0.4, 0.5) is 0 Å². The third-order valence-electron chi connectivity index (χ3n) is 8.90. The van der Waals surface area contributed by atoms with Crippen LogP contribution in [0.25, 0.3) is 6.08 Å². The molecule has 2 aliphatic heterocycles. The lowest BCUT2D eigenvalue weighted by atomic mass is 9.70. The Bertz CT molecular complexity index is 973. The zero-order valence-electron chi connectivity index (χ0n) is 23.6. The van der Waals surface area contributed by atoms with Crippen molar-refractivity contribution in [2.45, 2.75) is 105 Å². The maximum Gasteiger partial charge on any atom is 0.309 e. The van der Waals surface area contributed by atoms with Crippen molar-refractivity contribution in [3.05, 3.63) is 21.7 Å². The molecule has 8 heteroatoms. The Morgan fingerprint density at radius 1 is 1.24 bits per heavy atom. The van der Waals surface area contributed by atoms with Gasteiger partial charge >= 0.3 is 5.97 Å². The number of fused-ring (bicyclic) bond motifs is 1. The van der Waals surface area contributed by atoms with E-state index >= 15 is 0 Å². The van der Waals surface area contributed by atoms with Gasteiger partial charge in [-0.15, -0.1) is 11.3 Å². The number of carbonyl (C=O) groups is 2. The Balaban J connectivity index is 1.88. The Morgan fingerprint density at radius 3 is 2.57 bits per heavy atom. The van der Waals surface area contributed by atoms with E-state index in [0.717, 1.165) is 35.5 Å². The minimum atomic E-state index is -1.13. The van der Waals surface area contributed by atoms with Gasteiger partial charge in [0.05, 0.1) is 35.2 Å². The van der Waals surface area contributed by atoms with Crippen LogP contribution in [0.3, 0.4) is 0 Å². The predicted molar refractivity (Wildman–Crippen MR) is 147 cm³/mol. The predicted octanol–water partition coefficient (Wildman–Crippen LogP) is 4.64. The van der Waals surface area contributed by atoms with E-state index in [1.54, 1.807) is 25.2 Å². The van der Waals surface area contributed by atoms with Crippen LogP contribution in [0.15, 0.2) is 11.0 Å². The molecule has 2 fully saturated rings. The van der Waals surface area contributed by atoms with Gasteiger partial charge in [-0.3, -0.25) is 14.5 Å². The average molecular weight is 535 g/mol. The van der Waals surface area contributed by atoms with Crippen molar-refractivity contribution in [2.24, 2.45) is 23.2 Å². The molecule has 3 rings (SSSR count). The number of ether oxygens (including phenoxy) is 1. The fourth-order valence-corrected chi connectivity index (χ4v) is 6.39. The Hall–Kier alpha value is -1.61. The second-order valence-corrected chi connectivity index (χ2v) is 12.9. The number of Topliss-reactive ketones (excluding diaryl/α,β-unsaturated/α-hetero) is 1. The number of nitrogens with zero attached hydrogens (tertiary/aromatic N) is 2. The van der Waals surface area contributed by atoms with Gasteiger partial charge in [0.25, 0.3) is 0 Å². The monoisotopic (exact) mass is 534 g/mol. The molecule has 0 aromatic carbocycles. The summed E-state index contributed by atoms with van der Waals surface area (Å²) in [5.41, 5.74) is 0.684. The Kier molecular flexibility index (Phi) is 10.1. The molecule has 2 N–H and O–H groups in total. The van der Waals surface area contributed by atoms with Crippen molar-refractivity contribution in [3.63, 3.8) is 0 Å². The molecule has 8 atom stereocenters. The highest BCUT2D eigenvalue weighted by Gasteiger charge is 2.48. The molecule has 2 aliphatic rings. The topological polar surface area (TPSA) is 99.7 Å². The normalized spacial score (nSPS) is 36.1. The van der Waals surface area contributed by atoms with Gasteiger partial charge in [0.1, 0.15) is 11.9 Å². The first-order chi connectivity index (χ1) is 17.4. The minimum absolute atomic E-state index is 0.0119. The quantitative estimate of drug-likeness (QED) is 0.429. The van der Waals surface area contributed by atoms with Crippen LogP contribution in [0.1, 0.15) is 84.3 Å². The number of hydrogen-bond acceptors (Lipinski definition) is 8. The number of aromatic nitrogens is 1. The van der Waals surface area contributed by atoms with Crippen molar-refractivity contribution in [3.8, 4) is 0 Å². The van der Waals surface area contributed by atoms with Crippen molar-refractivity contribution in [1.82, 2.24) is 9.88 Å². The molecule has 2 unspecified atom stereocenters. The van der Waals surface area contributed by atoms with E-state index in [4.69, 9.17) is 4.74 Å². The molecule has 1 aromatic heterocycles. The van der Waals surface area contributed by atoms with E-state index in [9.17, 15) is 19.8 Å². The highest BCUT2D eigenvalue weighted by molar-refractivity contribution is 7.09. The second-order valence-electron chi connectivity index (χ2n) is 11.9. The van der Waals surface area contributed by atoms with Gasteiger partial charge in [-0.05, 0) is 43.8 Å². The molecule has 0 bridgehead atoms. The first kappa shape index (κ1) is 29.9. The summed E-state index contributed by atoms with van der Waals surface area (Å²) in [4.78, 5) is 33.3. The van der Waals surface area contributed by atoms with Gasteiger partial charge in [0, 0.05) is 36.3 Å². The largest absolute Gasteiger partial charge is 0.458 e. The van der Waals surface area contributed by atoms with Crippen LogP contribution >= 0.6 is 11.3 Å². The van der Waals surface area contributed by atoms with E-state index in [1.165, 1.54) is 0 Å². The molecule has 1 aromatic rings. The fourth-order valence-electron chi connectivity index (χ4n) is 5.82. The first-order valence-electron chi connectivity index (χ1n) is 13.8. The number of carbonyl (C=O) groups excluding carboxylic acids is 2. The molecule has 208 valence electrons. The van der Waals surface area contributed by atoms with Crippen LogP contribution in [-0.4, -0.2) is 69.3 Å². The van der Waals surface area contributed by atoms with Gasteiger partial charge in [-0.25, -0.2) is 4.98 Å². The van der Waals surface area contributed by atoms with E-state index in [-0.39, 0.29) is 36.7 Å². The highest BCUT2D eigenvalue weighted by Crippen LogP contribution is 2.39. The summed E-state index contributed by atoms with van der Waals surface area (Å²) in [6.07, 6.45) is 3.84. The van der Waals surface area contributed by atoms with Crippen LogP contribution in [0.5, 0.6) is 0 Å². The molecule has 0 saturated carbocycles. The lowest BCUT2D eigenvalue weighted by Gasteiger charge is -2.35. The number of aliphatic hydroxyl groups excluding tert-OH is 2. The Morgan fingerprint density at radius 2 is 1.95 bits per heavy atom. The van der Waals surface area contributed by atoms with Crippen LogP contribution < -0.4 is 0 Å². The van der Waals surface area contributed by atoms with Crippen LogP contribution in [0.2, 0.25) is 0 Å². The maximum atomic E-state index is 13.4. The summed E-state index contributed by atoms with van der Waals surface area (Å²) in [6, 6.07) is 0.578. The highest BCUT2D eigenvalue weighted by atomic mass is 32.1. The number of rotatable bonds is 4. The number of ketones is 1. The summed E-state index contributed by atoms with van der Waals surface area (Å²) >= 11 is 1.57. The second kappa shape index (κ2) is 12.5. The van der Waals surface area contributed by atoms with E-state index in [1.807, 2.05) is 32.2 Å². The zero-order chi connectivity index (χ0) is 27.5. The maximum absolute atomic E-state index is 13.4. The first-order valence-corrected chi connectivity index (χ1v) is 14.6. The molecule has 37 heavy (non-hydrogen) atoms. The molecule has 7 nitrogen and oxygen atoms in total. The van der Waals surface area contributed by atoms with Gasteiger partial charge in [0.15, 0.2) is 0 Å². The number of aliphatic hydroxyl groups is 2.